The van der Waals surface area contributed by atoms with Crippen molar-refractivity contribution in [1.29, 1.82) is 0 Å². The molecular formula is C28H36F4N6O3. The summed E-state index contributed by atoms with van der Waals surface area (Å²) >= 11 is 0. The summed E-state index contributed by atoms with van der Waals surface area (Å²) in [6, 6.07) is 2.85. The van der Waals surface area contributed by atoms with Gasteiger partial charge in [-0.15, -0.1) is 0 Å². The summed E-state index contributed by atoms with van der Waals surface area (Å²) in [5.41, 5.74) is 6.35. The molecule has 224 valence electrons. The number of benzene rings is 1. The van der Waals surface area contributed by atoms with Gasteiger partial charge in [-0.1, -0.05) is 0 Å². The highest BCUT2D eigenvalue weighted by atomic mass is 19.4. The highest BCUT2D eigenvalue weighted by molar-refractivity contribution is 6.01. The SMILES string of the molecule is CC(C(=O)NCC(F)(F)F)c1cc(F)c(NC(=O)C(NC(=O)c2ccnn2C(C)C)C(C2CC2)C2CC2)cc1CN. The molecule has 3 amide bonds. The fourth-order valence-corrected chi connectivity index (χ4v) is 5.35. The molecule has 5 N–H and O–H groups in total. The molecule has 4 rings (SSSR count). The van der Waals surface area contributed by atoms with Gasteiger partial charge in [-0.05, 0) is 93.5 Å². The number of hydrogen-bond acceptors (Lipinski definition) is 5. The van der Waals surface area contributed by atoms with Crippen LogP contribution in [0.1, 0.15) is 80.0 Å². The molecule has 1 heterocycles. The number of nitrogens with two attached hydrogens (primary N) is 1. The Morgan fingerprint density at radius 2 is 1.71 bits per heavy atom. The van der Waals surface area contributed by atoms with Crippen LogP contribution in [0.4, 0.5) is 23.2 Å². The molecule has 2 aromatic rings. The summed E-state index contributed by atoms with van der Waals surface area (Å²) in [7, 11) is 0. The monoisotopic (exact) mass is 580 g/mol. The van der Waals surface area contributed by atoms with Crippen LogP contribution in [-0.2, 0) is 16.1 Å². The third-order valence-electron chi connectivity index (χ3n) is 7.71. The number of rotatable bonds is 12. The minimum atomic E-state index is -4.59. The number of carbonyl (C=O) groups is 3. The largest absolute Gasteiger partial charge is 0.405 e. The zero-order valence-electron chi connectivity index (χ0n) is 23.2. The van der Waals surface area contributed by atoms with E-state index in [1.807, 2.05) is 13.8 Å². The third kappa shape index (κ3) is 7.43. The lowest BCUT2D eigenvalue weighted by molar-refractivity contribution is -0.139. The number of hydrogen-bond donors (Lipinski definition) is 4. The first-order valence-electron chi connectivity index (χ1n) is 13.8. The van der Waals surface area contributed by atoms with Gasteiger partial charge < -0.3 is 21.7 Å². The number of aromatic nitrogens is 2. The van der Waals surface area contributed by atoms with Gasteiger partial charge in [0.15, 0.2) is 0 Å². The molecule has 9 nitrogen and oxygen atoms in total. The van der Waals surface area contributed by atoms with E-state index >= 15 is 4.39 Å². The van der Waals surface area contributed by atoms with Gasteiger partial charge in [0.1, 0.15) is 24.1 Å². The zero-order valence-corrected chi connectivity index (χ0v) is 23.2. The van der Waals surface area contributed by atoms with Crippen molar-refractivity contribution in [3.8, 4) is 0 Å². The Kier molecular flexibility index (Phi) is 9.05. The second-order valence-corrected chi connectivity index (χ2v) is 11.2. The molecule has 2 fully saturated rings. The standard InChI is InChI=1S/C28H36F4N6O3/c1-14(2)38-22(8-9-35-38)26(40)37-24(23(16-4-5-16)17-6-7-17)27(41)36-21-10-18(12-33)19(11-20(21)29)15(3)25(39)34-13-28(30,31)32/h8-11,14-17,23-24H,4-7,12-13,33H2,1-3H3,(H,34,39)(H,36,41)(H,37,40). The van der Waals surface area contributed by atoms with E-state index < -0.39 is 48.2 Å². The topological polar surface area (TPSA) is 131 Å². The minimum Gasteiger partial charge on any atom is -0.346 e. The first kappa shape index (κ1) is 30.5. The van der Waals surface area contributed by atoms with Crippen molar-refractivity contribution in [2.24, 2.45) is 23.5 Å². The highest BCUT2D eigenvalue weighted by Gasteiger charge is 2.48. The summed E-state index contributed by atoms with van der Waals surface area (Å²) in [6.45, 7) is 3.45. The van der Waals surface area contributed by atoms with Crippen molar-refractivity contribution in [3.05, 3.63) is 47.0 Å². The molecule has 1 aromatic carbocycles. The van der Waals surface area contributed by atoms with Crippen LogP contribution >= 0.6 is 0 Å². The number of anilines is 1. The second kappa shape index (κ2) is 12.2. The molecule has 0 aliphatic heterocycles. The van der Waals surface area contributed by atoms with Crippen LogP contribution in [0.15, 0.2) is 24.4 Å². The maximum atomic E-state index is 15.3. The van der Waals surface area contributed by atoms with Crippen molar-refractivity contribution in [2.75, 3.05) is 11.9 Å². The Bertz CT molecular complexity index is 1270. The minimum absolute atomic E-state index is 0.0825. The lowest BCUT2D eigenvalue weighted by Gasteiger charge is -2.28. The van der Waals surface area contributed by atoms with Crippen molar-refractivity contribution in [1.82, 2.24) is 20.4 Å². The molecule has 0 radical (unpaired) electrons. The van der Waals surface area contributed by atoms with E-state index in [2.05, 4.69) is 15.7 Å². The Morgan fingerprint density at radius 3 is 2.24 bits per heavy atom. The quantitative estimate of drug-likeness (QED) is 0.282. The molecule has 2 saturated carbocycles. The van der Waals surface area contributed by atoms with Crippen molar-refractivity contribution >= 4 is 23.4 Å². The lowest BCUT2D eigenvalue weighted by atomic mass is 9.88. The summed E-state index contributed by atoms with van der Waals surface area (Å²) < 4.78 is 54.5. The number of nitrogens with one attached hydrogen (secondary N) is 3. The van der Waals surface area contributed by atoms with Crippen LogP contribution in [-0.4, -0.2) is 46.3 Å². The number of nitrogens with zero attached hydrogens (tertiary/aromatic N) is 2. The van der Waals surface area contributed by atoms with Crippen LogP contribution in [0, 0.1) is 23.6 Å². The average Bonchev–Trinajstić information content (AvgIpc) is 3.86. The molecule has 0 spiro atoms. The molecule has 41 heavy (non-hydrogen) atoms. The fourth-order valence-electron chi connectivity index (χ4n) is 5.35. The first-order valence-corrected chi connectivity index (χ1v) is 13.8. The zero-order chi connectivity index (χ0) is 30.1. The predicted molar refractivity (Wildman–Crippen MR) is 143 cm³/mol. The van der Waals surface area contributed by atoms with E-state index in [0.717, 1.165) is 31.7 Å². The van der Waals surface area contributed by atoms with Gasteiger partial charge in [0, 0.05) is 18.8 Å². The van der Waals surface area contributed by atoms with Gasteiger partial charge in [0.25, 0.3) is 5.91 Å². The Labute approximate surface area is 235 Å². The Balaban J connectivity index is 1.57. The maximum Gasteiger partial charge on any atom is 0.405 e. The van der Waals surface area contributed by atoms with Crippen LogP contribution < -0.4 is 21.7 Å². The number of halogens is 4. The molecule has 2 aliphatic rings. The molecule has 0 saturated heterocycles. The van der Waals surface area contributed by atoms with Gasteiger partial charge in [0.2, 0.25) is 11.8 Å². The van der Waals surface area contributed by atoms with Crippen LogP contribution in [0.25, 0.3) is 0 Å². The summed E-state index contributed by atoms with van der Waals surface area (Å²) in [5, 5.41) is 11.5. The number of alkyl halides is 3. The molecule has 2 unspecified atom stereocenters. The van der Waals surface area contributed by atoms with Crippen LogP contribution in [0.2, 0.25) is 0 Å². The normalized spacial score (nSPS) is 16.9. The van der Waals surface area contributed by atoms with Crippen molar-refractivity contribution < 1.29 is 31.9 Å². The van der Waals surface area contributed by atoms with Crippen molar-refractivity contribution in [2.45, 2.75) is 77.2 Å². The second-order valence-electron chi connectivity index (χ2n) is 11.2. The smallest absolute Gasteiger partial charge is 0.346 e. The summed E-state index contributed by atoms with van der Waals surface area (Å²) in [5.74, 6) is -3.53. The lowest BCUT2D eigenvalue weighted by Crippen LogP contribution is -2.50. The summed E-state index contributed by atoms with van der Waals surface area (Å²) in [4.78, 5) is 39.3. The fraction of sp³-hybridized carbons (Fsp3) is 0.571. The van der Waals surface area contributed by atoms with E-state index in [0.29, 0.717) is 11.3 Å². The van der Waals surface area contributed by atoms with Gasteiger partial charge in [-0.3, -0.25) is 19.1 Å². The molecule has 2 aliphatic carbocycles. The van der Waals surface area contributed by atoms with E-state index in [1.165, 1.54) is 19.2 Å². The van der Waals surface area contributed by atoms with Gasteiger partial charge >= 0.3 is 6.18 Å². The predicted octanol–water partition coefficient (Wildman–Crippen LogP) is 4.02. The van der Waals surface area contributed by atoms with E-state index in [9.17, 15) is 27.6 Å². The highest BCUT2D eigenvalue weighted by Crippen LogP contribution is 2.51. The molecule has 2 atom stereocenters. The molecular weight excluding hydrogens is 544 g/mol. The average molecular weight is 581 g/mol. The maximum absolute atomic E-state index is 15.3. The van der Waals surface area contributed by atoms with E-state index in [1.54, 1.807) is 16.1 Å². The Morgan fingerprint density at radius 1 is 1.07 bits per heavy atom. The number of carbonyl (C=O) groups excluding carboxylic acids is 3. The van der Waals surface area contributed by atoms with E-state index in [4.69, 9.17) is 5.73 Å². The molecule has 0 bridgehead atoms. The summed E-state index contributed by atoms with van der Waals surface area (Å²) in [6.07, 6.45) is 0.696. The molecule has 1 aromatic heterocycles. The number of amides is 3. The van der Waals surface area contributed by atoms with E-state index in [-0.39, 0.29) is 41.6 Å². The van der Waals surface area contributed by atoms with Crippen molar-refractivity contribution in [3.63, 3.8) is 0 Å². The van der Waals surface area contributed by atoms with Gasteiger partial charge in [0.05, 0.1) is 11.6 Å². The van der Waals surface area contributed by atoms with Crippen LogP contribution in [0.5, 0.6) is 0 Å². The Hall–Kier alpha value is -3.48. The van der Waals surface area contributed by atoms with Gasteiger partial charge in [-0.2, -0.15) is 18.3 Å². The van der Waals surface area contributed by atoms with Crippen LogP contribution in [0.3, 0.4) is 0 Å². The third-order valence-corrected chi connectivity index (χ3v) is 7.71. The first-order chi connectivity index (χ1) is 19.3. The van der Waals surface area contributed by atoms with Gasteiger partial charge in [-0.25, -0.2) is 4.39 Å². The molecule has 13 heteroatoms.